The molecule has 0 aliphatic heterocycles. The van der Waals surface area contributed by atoms with Gasteiger partial charge in [0, 0.05) is 10.9 Å². The van der Waals surface area contributed by atoms with Crippen molar-refractivity contribution in [2.75, 3.05) is 5.73 Å². The van der Waals surface area contributed by atoms with Crippen molar-refractivity contribution in [3.05, 3.63) is 20.3 Å². The first-order valence-corrected chi connectivity index (χ1v) is 5.38. The Morgan fingerprint density at radius 1 is 1.62 bits per heavy atom. The van der Waals surface area contributed by atoms with Crippen LogP contribution in [-0.4, -0.2) is 5.16 Å². The van der Waals surface area contributed by atoms with Crippen LogP contribution in [0.15, 0.2) is 19.8 Å². The molecule has 13 heavy (non-hydrogen) atoms. The van der Waals surface area contributed by atoms with E-state index < -0.39 is 0 Å². The highest BCUT2D eigenvalue weighted by Crippen LogP contribution is 2.35. The summed E-state index contributed by atoms with van der Waals surface area (Å²) in [5.41, 5.74) is 6.32. The van der Waals surface area contributed by atoms with E-state index in [2.05, 4.69) is 21.1 Å². The predicted molar refractivity (Wildman–Crippen MR) is 56.9 cm³/mol. The highest BCUT2D eigenvalue weighted by molar-refractivity contribution is 9.11. The van der Waals surface area contributed by atoms with Crippen molar-refractivity contribution in [2.24, 2.45) is 0 Å². The van der Waals surface area contributed by atoms with Crippen LogP contribution in [0.4, 0.5) is 5.82 Å². The SMILES string of the molecule is Nc1noc(-c2csc(Br)c2)c1Cl. The van der Waals surface area contributed by atoms with Crippen LogP contribution in [0.5, 0.6) is 0 Å². The van der Waals surface area contributed by atoms with Gasteiger partial charge in [0.15, 0.2) is 11.6 Å². The zero-order chi connectivity index (χ0) is 9.42. The Hall–Kier alpha value is -0.520. The maximum absolute atomic E-state index is 5.86. The summed E-state index contributed by atoms with van der Waals surface area (Å²) in [5, 5.41) is 5.84. The van der Waals surface area contributed by atoms with Gasteiger partial charge in [-0.15, -0.1) is 11.3 Å². The van der Waals surface area contributed by atoms with Gasteiger partial charge in [-0.3, -0.25) is 0 Å². The molecular formula is C7H4BrClN2OS. The van der Waals surface area contributed by atoms with Gasteiger partial charge < -0.3 is 10.3 Å². The maximum atomic E-state index is 5.86. The fourth-order valence-corrected chi connectivity index (χ4v) is 2.21. The van der Waals surface area contributed by atoms with Crippen molar-refractivity contribution in [3.8, 4) is 11.3 Å². The van der Waals surface area contributed by atoms with E-state index in [-0.39, 0.29) is 5.82 Å². The first kappa shape index (κ1) is 9.05. The molecule has 2 aromatic heterocycles. The number of halogens is 2. The Labute approximate surface area is 91.6 Å². The largest absolute Gasteiger partial charge is 0.380 e. The average Bonchev–Trinajstić information content (AvgIpc) is 2.62. The van der Waals surface area contributed by atoms with Crippen LogP contribution in [-0.2, 0) is 0 Å². The van der Waals surface area contributed by atoms with Crippen LogP contribution in [0.3, 0.4) is 0 Å². The molecule has 2 aromatic rings. The molecule has 0 spiro atoms. The van der Waals surface area contributed by atoms with E-state index in [9.17, 15) is 0 Å². The molecule has 68 valence electrons. The van der Waals surface area contributed by atoms with Gasteiger partial charge >= 0.3 is 0 Å². The molecule has 0 fully saturated rings. The molecule has 0 bridgehead atoms. The molecule has 0 radical (unpaired) electrons. The first-order chi connectivity index (χ1) is 6.18. The molecule has 0 unspecified atom stereocenters. The van der Waals surface area contributed by atoms with E-state index in [1.165, 1.54) is 0 Å². The molecule has 0 saturated heterocycles. The fraction of sp³-hybridized carbons (Fsp3) is 0. The third kappa shape index (κ3) is 1.59. The molecule has 0 saturated carbocycles. The van der Waals surface area contributed by atoms with E-state index in [0.29, 0.717) is 10.8 Å². The zero-order valence-corrected chi connectivity index (χ0v) is 9.41. The van der Waals surface area contributed by atoms with E-state index in [1.54, 1.807) is 11.3 Å². The lowest BCUT2D eigenvalue weighted by Crippen LogP contribution is -1.82. The van der Waals surface area contributed by atoms with Gasteiger partial charge in [-0.1, -0.05) is 16.8 Å². The summed E-state index contributed by atoms with van der Waals surface area (Å²) >= 11 is 10.8. The molecule has 6 heteroatoms. The van der Waals surface area contributed by atoms with Crippen molar-refractivity contribution in [1.29, 1.82) is 0 Å². The van der Waals surface area contributed by atoms with Crippen molar-refractivity contribution >= 4 is 44.7 Å². The maximum Gasteiger partial charge on any atom is 0.188 e. The number of nitrogen functional groups attached to an aromatic ring is 1. The highest BCUT2D eigenvalue weighted by Gasteiger charge is 2.14. The predicted octanol–water partition coefficient (Wildman–Crippen LogP) is 3.40. The Morgan fingerprint density at radius 3 is 2.85 bits per heavy atom. The van der Waals surface area contributed by atoms with Crippen LogP contribution in [0.2, 0.25) is 5.02 Å². The van der Waals surface area contributed by atoms with Crippen LogP contribution in [0.1, 0.15) is 0 Å². The molecule has 0 atom stereocenters. The second-order valence-electron chi connectivity index (χ2n) is 2.35. The minimum Gasteiger partial charge on any atom is -0.380 e. The summed E-state index contributed by atoms with van der Waals surface area (Å²) in [5.74, 6) is 0.736. The van der Waals surface area contributed by atoms with E-state index in [0.717, 1.165) is 9.35 Å². The number of thiophene rings is 1. The van der Waals surface area contributed by atoms with Gasteiger partial charge in [0.05, 0.1) is 3.79 Å². The van der Waals surface area contributed by atoms with E-state index >= 15 is 0 Å². The number of anilines is 1. The molecule has 3 nitrogen and oxygen atoms in total. The summed E-state index contributed by atoms with van der Waals surface area (Å²) in [6, 6.07) is 1.90. The molecule has 0 aromatic carbocycles. The number of hydrogen-bond acceptors (Lipinski definition) is 4. The van der Waals surface area contributed by atoms with Crippen molar-refractivity contribution < 1.29 is 4.52 Å². The molecular weight excluding hydrogens is 276 g/mol. The number of nitrogens with zero attached hydrogens (tertiary/aromatic N) is 1. The van der Waals surface area contributed by atoms with Crippen LogP contribution in [0.25, 0.3) is 11.3 Å². The van der Waals surface area contributed by atoms with Gasteiger partial charge in [0.25, 0.3) is 0 Å². The second-order valence-corrected chi connectivity index (χ2v) is 5.02. The zero-order valence-electron chi connectivity index (χ0n) is 6.25. The molecule has 2 rings (SSSR count). The van der Waals surface area contributed by atoms with Crippen molar-refractivity contribution in [2.45, 2.75) is 0 Å². The monoisotopic (exact) mass is 278 g/mol. The van der Waals surface area contributed by atoms with Crippen LogP contribution in [0, 0.1) is 0 Å². The molecule has 2 heterocycles. The van der Waals surface area contributed by atoms with Gasteiger partial charge in [0.1, 0.15) is 5.02 Å². The van der Waals surface area contributed by atoms with Crippen molar-refractivity contribution in [3.63, 3.8) is 0 Å². The lowest BCUT2D eigenvalue weighted by molar-refractivity contribution is 0.436. The van der Waals surface area contributed by atoms with Crippen molar-refractivity contribution in [1.82, 2.24) is 5.16 Å². The quantitative estimate of drug-likeness (QED) is 0.870. The lowest BCUT2D eigenvalue weighted by Gasteiger charge is -1.87. The Bertz CT molecular complexity index is 439. The number of hydrogen-bond donors (Lipinski definition) is 1. The first-order valence-electron chi connectivity index (χ1n) is 3.33. The average molecular weight is 280 g/mol. The van der Waals surface area contributed by atoms with Gasteiger partial charge in [-0.2, -0.15) is 0 Å². The minimum absolute atomic E-state index is 0.221. The van der Waals surface area contributed by atoms with Gasteiger partial charge in [-0.25, -0.2) is 0 Å². The summed E-state index contributed by atoms with van der Waals surface area (Å²) < 4.78 is 5.98. The smallest absolute Gasteiger partial charge is 0.188 e. The standard InChI is InChI=1S/C7H4BrClN2OS/c8-4-1-3(2-13-4)6-5(9)7(10)11-12-6/h1-2H,(H2,10,11). The summed E-state index contributed by atoms with van der Waals surface area (Å²) in [6.07, 6.45) is 0. The molecule has 0 aliphatic carbocycles. The molecule has 0 amide bonds. The highest BCUT2D eigenvalue weighted by atomic mass is 79.9. The minimum atomic E-state index is 0.221. The third-order valence-corrected chi connectivity index (χ3v) is 3.36. The third-order valence-electron chi connectivity index (χ3n) is 1.49. The van der Waals surface area contributed by atoms with E-state index in [1.807, 2.05) is 11.4 Å². The molecule has 0 aliphatic rings. The summed E-state index contributed by atoms with van der Waals surface area (Å²) in [7, 11) is 0. The van der Waals surface area contributed by atoms with Crippen LogP contribution < -0.4 is 5.73 Å². The van der Waals surface area contributed by atoms with Crippen LogP contribution >= 0.6 is 38.9 Å². The normalized spacial score (nSPS) is 10.6. The Balaban J connectivity index is 2.52. The van der Waals surface area contributed by atoms with Gasteiger partial charge in [-0.05, 0) is 22.0 Å². The number of rotatable bonds is 1. The Morgan fingerprint density at radius 2 is 2.38 bits per heavy atom. The summed E-state index contributed by atoms with van der Waals surface area (Å²) in [4.78, 5) is 0. The topological polar surface area (TPSA) is 52.0 Å². The lowest BCUT2D eigenvalue weighted by atomic mass is 10.3. The second kappa shape index (κ2) is 3.32. The number of nitrogens with two attached hydrogens (primary N) is 1. The number of aromatic nitrogens is 1. The van der Waals surface area contributed by atoms with Gasteiger partial charge in [0.2, 0.25) is 0 Å². The van der Waals surface area contributed by atoms with E-state index in [4.69, 9.17) is 21.9 Å². The Kier molecular flexibility index (Phi) is 2.31. The summed E-state index contributed by atoms with van der Waals surface area (Å²) in [6.45, 7) is 0. The molecule has 2 N–H and O–H groups in total. The fourth-order valence-electron chi connectivity index (χ4n) is 0.900.